The van der Waals surface area contributed by atoms with Crippen molar-refractivity contribution >= 4 is 61.5 Å². The molecule has 1 aromatic heterocycles. The number of nitrogens with zero attached hydrogens (tertiary/aromatic N) is 4. The fraction of sp³-hybridized carbons (Fsp3) is 0.222. The molecule has 1 aliphatic carbocycles. The third kappa shape index (κ3) is 5.48. The molecule has 5 rings (SSSR count). The standard InChI is InChI=1S/C27H22BrFN6O2S2/c1-14-11-16(28)7-10-19(14)32-22(37)13-38-27-34-33-26(39-27)35-20-3-2-4-21(36)24(20)23(18(12-30)25(35)31)15-5-8-17(29)9-6-15/h5-11,23H,2-4,13,31H2,1H3,(H,32,37). The van der Waals surface area contributed by atoms with Gasteiger partial charge in [0.15, 0.2) is 10.1 Å². The first-order valence-electron chi connectivity index (χ1n) is 12.0. The van der Waals surface area contributed by atoms with Gasteiger partial charge in [0.1, 0.15) is 11.6 Å². The second-order valence-corrected chi connectivity index (χ2v) is 12.1. The van der Waals surface area contributed by atoms with Crippen molar-refractivity contribution in [2.24, 2.45) is 5.73 Å². The predicted molar refractivity (Wildman–Crippen MR) is 152 cm³/mol. The summed E-state index contributed by atoms with van der Waals surface area (Å²) < 4.78 is 15.1. The van der Waals surface area contributed by atoms with Gasteiger partial charge in [-0.25, -0.2) is 4.39 Å². The Morgan fingerprint density at radius 2 is 2.05 bits per heavy atom. The van der Waals surface area contributed by atoms with Crippen molar-refractivity contribution < 1.29 is 14.0 Å². The Morgan fingerprint density at radius 3 is 2.77 bits per heavy atom. The molecule has 2 heterocycles. The summed E-state index contributed by atoms with van der Waals surface area (Å²) in [6, 6.07) is 13.6. The van der Waals surface area contributed by atoms with Gasteiger partial charge in [0.05, 0.1) is 23.3 Å². The smallest absolute Gasteiger partial charge is 0.234 e. The second kappa shape index (κ2) is 11.3. The number of anilines is 2. The third-order valence-electron chi connectivity index (χ3n) is 6.49. The first-order valence-corrected chi connectivity index (χ1v) is 14.6. The second-order valence-electron chi connectivity index (χ2n) is 9.01. The SMILES string of the molecule is Cc1cc(Br)ccc1NC(=O)CSc1nnc(N2C(N)=C(C#N)C(c3ccc(F)cc3)C3=C2CCCC3=O)s1. The van der Waals surface area contributed by atoms with Gasteiger partial charge in [-0.1, -0.05) is 51.2 Å². The molecule has 1 aliphatic heterocycles. The first-order chi connectivity index (χ1) is 18.8. The number of amides is 1. The average Bonchev–Trinajstić information content (AvgIpc) is 3.37. The van der Waals surface area contributed by atoms with E-state index in [0.717, 1.165) is 15.7 Å². The van der Waals surface area contributed by atoms with Crippen LogP contribution in [0, 0.1) is 24.1 Å². The number of Topliss-reactive ketones (excluding diaryl/α,β-unsaturated/α-hetero) is 1. The number of aromatic nitrogens is 2. The number of carbonyl (C=O) groups excluding carboxylic acids is 2. The molecule has 39 heavy (non-hydrogen) atoms. The van der Waals surface area contributed by atoms with Crippen molar-refractivity contribution in [2.45, 2.75) is 36.4 Å². The van der Waals surface area contributed by atoms with Crippen molar-refractivity contribution in [1.29, 1.82) is 5.26 Å². The van der Waals surface area contributed by atoms with E-state index in [1.54, 1.807) is 17.0 Å². The molecule has 8 nitrogen and oxygen atoms in total. The Kier molecular flexibility index (Phi) is 7.83. The van der Waals surface area contributed by atoms with E-state index in [4.69, 9.17) is 5.73 Å². The Bertz CT molecular complexity index is 1580. The number of rotatable bonds is 6. The van der Waals surface area contributed by atoms with Gasteiger partial charge in [-0.15, -0.1) is 10.2 Å². The molecule has 1 atom stereocenters. The van der Waals surface area contributed by atoms with Crippen LogP contribution < -0.4 is 16.0 Å². The number of aryl methyl sites for hydroxylation is 1. The van der Waals surface area contributed by atoms with Crippen LogP contribution in [0.2, 0.25) is 0 Å². The zero-order valence-electron chi connectivity index (χ0n) is 20.7. The van der Waals surface area contributed by atoms with Gasteiger partial charge in [-0.3, -0.25) is 14.5 Å². The number of hydrogen-bond donors (Lipinski definition) is 2. The van der Waals surface area contributed by atoms with E-state index < -0.39 is 11.7 Å². The topological polar surface area (TPSA) is 125 Å². The zero-order chi connectivity index (χ0) is 27.7. The monoisotopic (exact) mass is 624 g/mol. The van der Waals surface area contributed by atoms with Gasteiger partial charge >= 0.3 is 0 Å². The molecular weight excluding hydrogens is 603 g/mol. The van der Waals surface area contributed by atoms with Crippen LogP contribution in [0.5, 0.6) is 0 Å². The lowest BCUT2D eigenvalue weighted by molar-refractivity contribution is -0.116. The highest BCUT2D eigenvalue weighted by Gasteiger charge is 2.41. The van der Waals surface area contributed by atoms with Crippen LogP contribution in [-0.2, 0) is 9.59 Å². The summed E-state index contributed by atoms with van der Waals surface area (Å²) in [6.45, 7) is 1.91. The summed E-state index contributed by atoms with van der Waals surface area (Å²) in [5, 5.41) is 21.9. The van der Waals surface area contributed by atoms with E-state index in [0.29, 0.717) is 45.6 Å². The van der Waals surface area contributed by atoms with Crippen LogP contribution in [0.15, 0.2) is 73.9 Å². The number of ketones is 1. The minimum Gasteiger partial charge on any atom is -0.384 e. The molecule has 0 saturated carbocycles. The lowest BCUT2D eigenvalue weighted by Crippen LogP contribution is -2.38. The molecule has 1 amide bonds. The Labute approximate surface area is 240 Å². The normalized spacial score (nSPS) is 17.2. The van der Waals surface area contributed by atoms with Crippen molar-refractivity contribution in [3.8, 4) is 6.07 Å². The minimum absolute atomic E-state index is 0.0742. The largest absolute Gasteiger partial charge is 0.384 e. The van der Waals surface area contributed by atoms with Crippen molar-refractivity contribution in [3.63, 3.8) is 0 Å². The summed E-state index contributed by atoms with van der Waals surface area (Å²) in [5.74, 6) is -1.06. The van der Waals surface area contributed by atoms with E-state index in [1.165, 1.54) is 35.2 Å². The van der Waals surface area contributed by atoms with Crippen LogP contribution in [0.1, 0.15) is 36.3 Å². The lowest BCUT2D eigenvalue weighted by atomic mass is 9.76. The highest BCUT2D eigenvalue weighted by atomic mass is 79.9. The number of thioether (sulfide) groups is 1. The summed E-state index contributed by atoms with van der Waals surface area (Å²) in [5.41, 5.74) is 10.2. The van der Waals surface area contributed by atoms with E-state index in [-0.39, 0.29) is 28.8 Å². The van der Waals surface area contributed by atoms with Crippen LogP contribution in [0.4, 0.5) is 15.2 Å². The maximum Gasteiger partial charge on any atom is 0.234 e. The summed E-state index contributed by atoms with van der Waals surface area (Å²) in [6.07, 6.45) is 1.55. The van der Waals surface area contributed by atoms with Gasteiger partial charge < -0.3 is 11.1 Å². The molecule has 0 saturated heterocycles. The molecule has 2 aromatic carbocycles. The molecule has 2 aliphatic rings. The highest BCUT2D eigenvalue weighted by Crippen LogP contribution is 2.47. The molecule has 0 fully saturated rings. The van der Waals surface area contributed by atoms with E-state index in [2.05, 4.69) is 37.5 Å². The first kappa shape index (κ1) is 27.1. The van der Waals surface area contributed by atoms with Crippen molar-refractivity contribution in [1.82, 2.24) is 10.2 Å². The predicted octanol–water partition coefficient (Wildman–Crippen LogP) is 5.78. The highest BCUT2D eigenvalue weighted by molar-refractivity contribution is 9.10. The number of allylic oxidation sites excluding steroid dienone is 3. The van der Waals surface area contributed by atoms with E-state index in [9.17, 15) is 19.2 Å². The van der Waals surface area contributed by atoms with Crippen LogP contribution in [0.3, 0.4) is 0 Å². The molecule has 0 bridgehead atoms. The molecule has 198 valence electrons. The quantitative estimate of drug-likeness (QED) is 0.330. The van der Waals surface area contributed by atoms with E-state index >= 15 is 0 Å². The molecule has 0 spiro atoms. The van der Waals surface area contributed by atoms with Crippen LogP contribution >= 0.6 is 39.0 Å². The average molecular weight is 626 g/mol. The van der Waals surface area contributed by atoms with Gasteiger partial charge in [0.2, 0.25) is 11.0 Å². The molecule has 3 N–H and O–H groups in total. The van der Waals surface area contributed by atoms with Gasteiger partial charge in [-0.2, -0.15) is 5.26 Å². The van der Waals surface area contributed by atoms with Crippen molar-refractivity contribution in [2.75, 3.05) is 16.0 Å². The minimum atomic E-state index is -0.679. The number of benzene rings is 2. The molecule has 1 unspecified atom stereocenters. The number of carbonyl (C=O) groups is 2. The lowest BCUT2D eigenvalue weighted by Gasteiger charge is -2.38. The van der Waals surface area contributed by atoms with Gasteiger partial charge in [0, 0.05) is 27.9 Å². The number of nitrogens with two attached hydrogens (primary N) is 1. The number of halogens is 2. The number of nitrogens with one attached hydrogen (secondary N) is 1. The van der Waals surface area contributed by atoms with Crippen LogP contribution in [-0.4, -0.2) is 27.6 Å². The molecular formula is C27H22BrFN6O2S2. The summed E-state index contributed by atoms with van der Waals surface area (Å²) in [7, 11) is 0. The van der Waals surface area contributed by atoms with Crippen LogP contribution in [0.25, 0.3) is 0 Å². The Hall–Kier alpha value is -3.53. The molecule has 3 aromatic rings. The molecule has 0 radical (unpaired) electrons. The Balaban J connectivity index is 1.41. The zero-order valence-corrected chi connectivity index (χ0v) is 23.9. The van der Waals surface area contributed by atoms with Crippen molar-refractivity contribution in [3.05, 3.63) is 86.5 Å². The number of hydrogen-bond acceptors (Lipinski definition) is 9. The third-order valence-corrected chi connectivity index (χ3v) is 9.03. The summed E-state index contributed by atoms with van der Waals surface area (Å²) in [4.78, 5) is 27.4. The van der Waals surface area contributed by atoms with Gasteiger partial charge in [-0.05, 0) is 61.2 Å². The fourth-order valence-corrected chi connectivity index (χ4v) is 6.88. The number of nitriles is 1. The van der Waals surface area contributed by atoms with Gasteiger partial charge in [0.25, 0.3) is 0 Å². The maximum absolute atomic E-state index is 13.6. The Morgan fingerprint density at radius 1 is 1.28 bits per heavy atom. The fourth-order valence-electron chi connectivity index (χ4n) is 4.73. The molecule has 12 heteroatoms. The maximum atomic E-state index is 13.6. The van der Waals surface area contributed by atoms with E-state index in [1.807, 2.05) is 25.1 Å². The summed E-state index contributed by atoms with van der Waals surface area (Å²) >= 11 is 5.87.